The van der Waals surface area contributed by atoms with Crippen molar-refractivity contribution in [1.29, 1.82) is 0 Å². The van der Waals surface area contributed by atoms with Crippen LogP contribution in [0.15, 0.2) is 36.5 Å². The zero-order chi connectivity index (χ0) is 13.0. The summed E-state index contributed by atoms with van der Waals surface area (Å²) in [7, 11) is 0. The van der Waals surface area contributed by atoms with Crippen LogP contribution >= 0.6 is 0 Å². The molecule has 1 aromatic carbocycles. The van der Waals surface area contributed by atoms with Crippen molar-refractivity contribution in [2.75, 3.05) is 5.32 Å². The maximum absolute atomic E-state index is 12.2. The number of aromatic nitrogens is 2. The molecule has 0 aliphatic rings. The predicted molar refractivity (Wildman–Crippen MR) is 71.7 cm³/mol. The predicted octanol–water partition coefficient (Wildman–Crippen LogP) is 2.85. The summed E-state index contributed by atoms with van der Waals surface area (Å²) in [6, 6.07) is 9.47. The van der Waals surface area contributed by atoms with Crippen LogP contribution in [-0.4, -0.2) is 15.7 Å². The summed E-state index contributed by atoms with van der Waals surface area (Å²) in [5, 5.41) is 7.06. The summed E-state index contributed by atoms with van der Waals surface area (Å²) in [6.07, 6.45) is 2.61. The highest BCUT2D eigenvalue weighted by atomic mass is 16.2. The van der Waals surface area contributed by atoms with E-state index in [0.29, 0.717) is 5.69 Å². The Balaban J connectivity index is 2.17. The van der Waals surface area contributed by atoms with Gasteiger partial charge in [0, 0.05) is 18.4 Å². The summed E-state index contributed by atoms with van der Waals surface area (Å²) >= 11 is 0. The average molecular weight is 243 g/mol. The number of aryl methyl sites for hydroxylation is 2. The molecule has 0 saturated carbocycles. The van der Waals surface area contributed by atoms with Crippen molar-refractivity contribution < 1.29 is 4.79 Å². The van der Waals surface area contributed by atoms with Crippen molar-refractivity contribution in [2.24, 2.45) is 0 Å². The number of hydrogen-bond acceptors (Lipinski definition) is 2. The highest BCUT2D eigenvalue weighted by Crippen LogP contribution is 2.14. The zero-order valence-corrected chi connectivity index (χ0v) is 10.7. The minimum absolute atomic E-state index is 0.116. The van der Waals surface area contributed by atoms with Gasteiger partial charge in [0.05, 0.1) is 0 Å². The molecular formula is C14H17N3O. The maximum Gasteiger partial charge on any atom is 0.273 e. The molecule has 0 unspecified atom stereocenters. The molecule has 94 valence electrons. The van der Waals surface area contributed by atoms with Gasteiger partial charge in [-0.3, -0.25) is 9.48 Å². The molecule has 2 rings (SSSR count). The van der Waals surface area contributed by atoms with E-state index in [9.17, 15) is 4.79 Å². The first-order chi connectivity index (χ1) is 8.72. The van der Waals surface area contributed by atoms with E-state index in [1.54, 1.807) is 16.9 Å². The van der Waals surface area contributed by atoms with Gasteiger partial charge in [-0.1, -0.05) is 25.1 Å². The van der Waals surface area contributed by atoms with Gasteiger partial charge in [0.15, 0.2) is 0 Å². The van der Waals surface area contributed by atoms with Gasteiger partial charge in [0.2, 0.25) is 0 Å². The summed E-state index contributed by atoms with van der Waals surface area (Å²) in [6.45, 7) is 4.78. The van der Waals surface area contributed by atoms with Gasteiger partial charge in [-0.2, -0.15) is 5.10 Å². The Hall–Kier alpha value is -2.10. The van der Waals surface area contributed by atoms with Gasteiger partial charge in [0.25, 0.3) is 5.91 Å². The van der Waals surface area contributed by atoms with Gasteiger partial charge >= 0.3 is 0 Å². The van der Waals surface area contributed by atoms with E-state index in [2.05, 4.69) is 17.3 Å². The lowest BCUT2D eigenvalue weighted by molar-refractivity contribution is 0.101. The second-order valence-corrected chi connectivity index (χ2v) is 4.21. The molecule has 0 aliphatic heterocycles. The summed E-state index contributed by atoms with van der Waals surface area (Å²) < 4.78 is 1.73. The van der Waals surface area contributed by atoms with Crippen LogP contribution < -0.4 is 5.32 Å². The zero-order valence-electron chi connectivity index (χ0n) is 10.7. The lowest BCUT2D eigenvalue weighted by atomic mass is 10.2. The van der Waals surface area contributed by atoms with Crippen molar-refractivity contribution >= 4 is 11.6 Å². The van der Waals surface area contributed by atoms with Crippen LogP contribution in [0.2, 0.25) is 0 Å². The third-order valence-electron chi connectivity index (χ3n) is 2.78. The molecule has 4 heteroatoms. The van der Waals surface area contributed by atoms with Crippen molar-refractivity contribution in [2.45, 2.75) is 26.8 Å². The van der Waals surface area contributed by atoms with E-state index in [-0.39, 0.29) is 5.91 Å². The number of benzene rings is 1. The minimum atomic E-state index is -0.116. The van der Waals surface area contributed by atoms with Crippen molar-refractivity contribution in [1.82, 2.24) is 9.78 Å². The van der Waals surface area contributed by atoms with Gasteiger partial charge in [0.1, 0.15) is 5.69 Å². The lowest BCUT2D eigenvalue weighted by Gasteiger charge is -2.09. The normalized spacial score (nSPS) is 10.3. The first kappa shape index (κ1) is 12.4. The maximum atomic E-state index is 12.2. The first-order valence-corrected chi connectivity index (χ1v) is 6.11. The third-order valence-corrected chi connectivity index (χ3v) is 2.78. The number of rotatable bonds is 4. The number of carbonyl (C=O) groups excluding carboxylic acids is 1. The molecule has 2 aromatic rings. The van der Waals surface area contributed by atoms with Crippen LogP contribution in [0.4, 0.5) is 5.69 Å². The highest BCUT2D eigenvalue weighted by molar-refractivity contribution is 6.03. The average Bonchev–Trinajstić information content (AvgIpc) is 2.81. The molecule has 0 fully saturated rings. The number of para-hydroxylation sites is 1. The number of nitrogens with zero attached hydrogens (tertiary/aromatic N) is 2. The molecule has 1 heterocycles. The van der Waals surface area contributed by atoms with Crippen LogP contribution in [0.3, 0.4) is 0 Å². The Kier molecular flexibility index (Phi) is 3.77. The smallest absolute Gasteiger partial charge is 0.273 e. The summed E-state index contributed by atoms with van der Waals surface area (Å²) in [5.41, 5.74) is 2.49. The fourth-order valence-corrected chi connectivity index (χ4v) is 1.82. The third kappa shape index (κ3) is 2.59. The van der Waals surface area contributed by atoms with Gasteiger partial charge in [-0.15, -0.1) is 0 Å². The Bertz CT molecular complexity index is 545. The molecular weight excluding hydrogens is 226 g/mol. The Labute approximate surface area is 107 Å². The number of hydrogen-bond donors (Lipinski definition) is 1. The minimum Gasteiger partial charge on any atom is -0.320 e. The second-order valence-electron chi connectivity index (χ2n) is 4.21. The molecule has 1 aromatic heterocycles. The van der Waals surface area contributed by atoms with E-state index in [1.807, 2.05) is 31.2 Å². The van der Waals surface area contributed by atoms with Gasteiger partial charge in [-0.25, -0.2) is 0 Å². The summed E-state index contributed by atoms with van der Waals surface area (Å²) in [5.74, 6) is -0.116. The SMILES string of the molecule is CCCn1nccc1C(=O)Nc1ccccc1C. The molecule has 4 nitrogen and oxygen atoms in total. The quantitative estimate of drug-likeness (QED) is 0.897. The van der Waals surface area contributed by atoms with E-state index in [4.69, 9.17) is 0 Å². The fraction of sp³-hybridized carbons (Fsp3) is 0.286. The molecule has 0 radical (unpaired) electrons. The van der Waals surface area contributed by atoms with Crippen molar-refractivity contribution in [3.8, 4) is 0 Å². The number of anilines is 1. The van der Waals surface area contributed by atoms with Crippen LogP contribution in [0.25, 0.3) is 0 Å². The molecule has 1 N–H and O–H groups in total. The molecule has 1 amide bonds. The van der Waals surface area contributed by atoms with Crippen LogP contribution in [0.5, 0.6) is 0 Å². The van der Waals surface area contributed by atoms with E-state index < -0.39 is 0 Å². The first-order valence-electron chi connectivity index (χ1n) is 6.11. The van der Waals surface area contributed by atoms with E-state index in [1.165, 1.54) is 0 Å². The number of amides is 1. The highest BCUT2D eigenvalue weighted by Gasteiger charge is 2.12. The van der Waals surface area contributed by atoms with E-state index >= 15 is 0 Å². The topological polar surface area (TPSA) is 46.9 Å². The Morgan fingerprint density at radius 1 is 1.33 bits per heavy atom. The molecule has 18 heavy (non-hydrogen) atoms. The van der Waals surface area contributed by atoms with Gasteiger partial charge < -0.3 is 5.32 Å². The van der Waals surface area contributed by atoms with Crippen LogP contribution in [-0.2, 0) is 6.54 Å². The molecule has 0 saturated heterocycles. The molecule has 0 aliphatic carbocycles. The van der Waals surface area contributed by atoms with Crippen LogP contribution in [0, 0.1) is 6.92 Å². The number of nitrogens with one attached hydrogen (secondary N) is 1. The Morgan fingerprint density at radius 3 is 2.83 bits per heavy atom. The van der Waals surface area contributed by atoms with Gasteiger partial charge in [-0.05, 0) is 31.0 Å². The second kappa shape index (κ2) is 5.49. The Morgan fingerprint density at radius 2 is 2.11 bits per heavy atom. The largest absolute Gasteiger partial charge is 0.320 e. The number of carbonyl (C=O) groups is 1. The van der Waals surface area contributed by atoms with Crippen molar-refractivity contribution in [3.05, 3.63) is 47.8 Å². The monoisotopic (exact) mass is 243 g/mol. The fourth-order valence-electron chi connectivity index (χ4n) is 1.82. The standard InChI is InChI=1S/C14H17N3O/c1-3-10-17-13(8-9-15-17)14(18)16-12-7-5-4-6-11(12)2/h4-9H,3,10H2,1-2H3,(H,16,18). The summed E-state index contributed by atoms with van der Waals surface area (Å²) in [4.78, 5) is 12.2. The van der Waals surface area contributed by atoms with Crippen LogP contribution in [0.1, 0.15) is 29.4 Å². The molecule has 0 spiro atoms. The molecule has 0 atom stereocenters. The van der Waals surface area contributed by atoms with Crippen molar-refractivity contribution in [3.63, 3.8) is 0 Å². The van der Waals surface area contributed by atoms with E-state index in [0.717, 1.165) is 24.2 Å². The molecule has 0 bridgehead atoms. The lowest BCUT2D eigenvalue weighted by Crippen LogP contribution is -2.18.